The molecule has 2 unspecified atom stereocenters. The monoisotopic (exact) mass is 293 g/mol. The summed E-state index contributed by atoms with van der Waals surface area (Å²) < 4.78 is 27.0. The summed E-state index contributed by atoms with van der Waals surface area (Å²) in [4.78, 5) is 0.0949. The van der Waals surface area contributed by atoms with Crippen molar-refractivity contribution in [1.82, 2.24) is 4.31 Å². The highest BCUT2D eigenvalue weighted by Gasteiger charge is 2.35. The quantitative estimate of drug-likeness (QED) is 0.844. The Balaban J connectivity index is 2.43. The van der Waals surface area contributed by atoms with Gasteiger partial charge in [0.1, 0.15) is 4.90 Å². The van der Waals surface area contributed by atoms with Gasteiger partial charge in [-0.2, -0.15) is 9.57 Å². The summed E-state index contributed by atoms with van der Waals surface area (Å²) in [6, 6.07) is 6.24. The van der Waals surface area contributed by atoms with Crippen molar-refractivity contribution in [2.45, 2.75) is 37.6 Å². The molecule has 1 aliphatic rings. The van der Waals surface area contributed by atoms with Crippen LogP contribution in [0.3, 0.4) is 0 Å². The largest absolute Gasteiger partial charge is 0.398 e. The molecule has 2 atom stereocenters. The molecule has 0 saturated carbocycles. The van der Waals surface area contributed by atoms with Gasteiger partial charge in [-0.1, -0.05) is 6.92 Å². The molecule has 0 spiro atoms. The SMILES string of the molecule is CC1CCCN(S(=O)(=O)c2ccc(C#N)cc2N)C1C. The van der Waals surface area contributed by atoms with Crippen molar-refractivity contribution in [1.29, 1.82) is 5.26 Å². The number of nitrogen functional groups attached to an aromatic ring is 1. The summed E-state index contributed by atoms with van der Waals surface area (Å²) in [5.41, 5.74) is 6.31. The molecular weight excluding hydrogens is 274 g/mol. The lowest BCUT2D eigenvalue weighted by Gasteiger charge is -2.36. The zero-order valence-corrected chi connectivity index (χ0v) is 12.5. The van der Waals surface area contributed by atoms with Crippen LogP contribution in [0, 0.1) is 17.2 Å². The van der Waals surface area contributed by atoms with Gasteiger partial charge in [0.2, 0.25) is 10.0 Å². The Hall–Kier alpha value is -1.58. The van der Waals surface area contributed by atoms with Crippen molar-refractivity contribution in [2.24, 2.45) is 5.92 Å². The highest BCUT2D eigenvalue weighted by molar-refractivity contribution is 7.89. The van der Waals surface area contributed by atoms with Crippen LogP contribution in [-0.2, 0) is 10.0 Å². The summed E-state index contributed by atoms with van der Waals surface area (Å²) in [5.74, 6) is 0.332. The first-order valence-electron chi connectivity index (χ1n) is 6.69. The average Bonchev–Trinajstić information content (AvgIpc) is 2.41. The number of nitrogens with zero attached hydrogens (tertiary/aromatic N) is 2. The Morgan fingerprint density at radius 3 is 2.70 bits per heavy atom. The van der Waals surface area contributed by atoms with Crippen molar-refractivity contribution in [3.63, 3.8) is 0 Å². The first-order valence-corrected chi connectivity index (χ1v) is 8.13. The summed E-state index contributed by atoms with van der Waals surface area (Å²) in [6.45, 7) is 4.52. The van der Waals surface area contributed by atoms with E-state index in [-0.39, 0.29) is 16.6 Å². The normalized spacial score (nSPS) is 24.2. The van der Waals surface area contributed by atoms with Crippen molar-refractivity contribution in [2.75, 3.05) is 12.3 Å². The average molecular weight is 293 g/mol. The fraction of sp³-hybridized carbons (Fsp3) is 0.500. The molecule has 0 bridgehead atoms. The van der Waals surface area contributed by atoms with Gasteiger partial charge in [0.25, 0.3) is 0 Å². The van der Waals surface area contributed by atoms with Gasteiger partial charge in [-0.05, 0) is 43.9 Å². The van der Waals surface area contributed by atoms with Gasteiger partial charge in [0.15, 0.2) is 0 Å². The molecular formula is C14H19N3O2S. The third kappa shape index (κ3) is 2.51. The van der Waals surface area contributed by atoms with E-state index in [9.17, 15) is 8.42 Å². The van der Waals surface area contributed by atoms with Crippen LogP contribution in [0.5, 0.6) is 0 Å². The van der Waals surface area contributed by atoms with Gasteiger partial charge < -0.3 is 5.73 Å². The van der Waals surface area contributed by atoms with E-state index in [4.69, 9.17) is 11.0 Å². The smallest absolute Gasteiger partial charge is 0.245 e. The molecule has 1 saturated heterocycles. The molecule has 0 aromatic heterocycles. The van der Waals surface area contributed by atoms with Crippen LogP contribution in [0.25, 0.3) is 0 Å². The summed E-state index contributed by atoms with van der Waals surface area (Å²) >= 11 is 0. The van der Waals surface area contributed by atoms with E-state index in [1.807, 2.05) is 13.0 Å². The van der Waals surface area contributed by atoms with Crippen LogP contribution in [0.4, 0.5) is 5.69 Å². The molecule has 1 heterocycles. The fourth-order valence-electron chi connectivity index (χ4n) is 2.62. The van der Waals surface area contributed by atoms with Gasteiger partial charge in [-0.3, -0.25) is 0 Å². The first-order chi connectivity index (χ1) is 9.37. The zero-order valence-electron chi connectivity index (χ0n) is 11.7. The lowest BCUT2D eigenvalue weighted by molar-refractivity contribution is 0.202. The summed E-state index contributed by atoms with van der Waals surface area (Å²) in [5, 5.41) is 8.82. The molecule has 0 amide bonds. The maximum absolute atomic E-state index is 12.7. The topological polar surface area (TPSA) is 87.2 Å². The van der Waals surface area contributed by atoms with Crippen LogP contribution in [-0.4, -0.2) is 25.3 Å². The van der Waals surface area contributed by atoms with Crippen molar-refractivity contribution >= 4 is 15.7 Å². The van der Waals surface area contributed by atoms with Crippen LogP contribution >= 0.6 is 0 Å². The Kier molecular flexibility index (Phi) is 4.02. The number of sulfonamides is 1. The molecule has 1 fully saturated rings. The minimum Gasteiger partial charge on any atom is -0.398 e. The van der Waals surface area contributed by atoms with Gasteiger partial charge in [-0.15, -0.1) is 0 Å². The standard InChI is InChI=1S/C14H19N3O2S/c1-10-4-3-7-17(11(10)2)20(18,19)14-6-5-12(9-15)8-13(14)16/h5-6,8,10-11H,3-4,7,16H2,1-2H3. The highest BCUT2D eigenvalue weighted by Crippen LogP contribution is 2.31. The van der Waals surface area contributed by atoms with E-state index in [0.717, 1.165) is 12.8 Å². The number of nitrogens with two attached hydrogens (primary N) is 1. The van der Waals surface area contributed by atoms with E-state index < -0.39 is 10.0 Å². The maximum atomic E-state index is 12.7. The summed E-state index contributed by atoms with van der Waals surface area (Å²) in [7, 11) is -3.60. The Morgan fingerprint density at radius 1 is 1.40 bits per heavy atom. The molecule has 2 rings (SSSR count). The van der Waals surface area contributed by atoms with E-state index in [0.29, 0.717) is 18.0 Å². The van der Waals surface area contributed by atoms with E-state index in [2.05, 4.69) is 6.92 Å². The Labute approximate surface area is 120 Å². The third-order valence-corrected chi connectivity index (χ3v) is 6.10. The van der Waals surface area contributed by atoms with Crippen LogP contribution in [0.15, 0.2) is 23.1 Å². The van der Waals surface area contributed by atoms with Crippen molar-refractivity contribution in [3.8, 4) is 6.07 Å². The molecule has 20 heavy (non-hydrogen) atoms. The lowest BCUT2D eigenvalue weighted by atomic mass is 9.94. The van der Waals surface area contributed by atoms with E-state index >= 15 is 0 Å². The molecule has 2 N–H and O–H groups in total. The maximum Gasteiger partial charge on any atom is 0.245 e. The van der Waals surface area contributed by atoms with Crippen molar-refractivity contribution in [3.05, 3.63) is 23.8 Å². The number of benzene rings is 1. The fourth-order valence-corrected chi connectivity index (χ4v) is 4.48. The minimum absolute atomic E-state index is 0.0382. The van der Waals surface area contributed by atoms with Gasteiger partial charge >= 0.3 is 0 Å². The molecule has 1 aromatic rings. The minimum atomic E-state index is -3.60. The van der Waals surface area contributed by atoms with Crippen LogP contribution in [0.1, 0.15) is 32.3 Å². The molecule has 1 aromatic carbocycles. The molecule has 0 radical (unpaired) electrons. The molecule has 108 valence electrons. The molecule has 5 nitrogen and oxygen atoms in total. The number of hydrogen-bond donors (Lipinski definition) is 1. The molecule has 1 aliphatic heterocycles. The van der Waals surface area contributed by atoms with Gasteiger partial charge in [-0.25, -0.2) is 8.42 Å². The predicted octanol–water partition coefficient (Wildman–Crippen LogP) is 1.95. The summed E-state index contributed by atoms with van der Waals surface area (Å²) in [6.07, 6.45) is 1.90. The third-order valence-electron chi connectivity index (χ3n) is 4.04. The van der Waals surface area contributed by atoms with Crippen LogP contribution < -0.4 is 5.73 Å². The number of piperidine rings is 1. The number of rotatable bonds is 2. The molecule has 0 aliphatic carbocycles. The number of hydrogen-bond acceptors (Lipinski definition) is 4. The zero-order chi connectivity index (χ0) is 14.9. The lowest BCUT2D eigenvalue weighted by Crippen LogP contribution is -2.46. The Morgan fingerprint density at radius 2 is 2.10 bits per heavy atom. The second-order valence-corrected chi connectivity index (χ2v) is 7.20. The predicted molar refractivity (Wildman–Crippen MR) is 77.3 cm³/mol. The number of nitriles is 1. The highest BCUT2D eigenvalue weighted by atomic mass is 32.2. The van der Waals surface area contributed by atoms with Crippen LogP contribution in [0.2, 0.25) is 0 Å². The van der Waals surface area contributed by atoms with Gasteiger partial charge in [0.05, 0.1) is 17.3 Å². The number of anilines is 1. The second kappa shape index (κ2) is 5.43. The first kappa shape index (κ1) is 14.8. The van der Waals surface area contributed by atoms with E-state index in [1.165, 1.54) is 22.5 Å². The van der Waals surface area contributed by atoms with E-state index in [1.54, 1.807) is 0 Å². The van der Waals surface area contributed by atoms with Crippen molar-refractivity contribution < 1.29 is 8.42 Å². The second-order valence-electron chi connectivity index (χ2n) is 5.34. The molecule has 6 heteroatoms. The Bertz CT molecular complexity index is 649. The van der Waals surface area contributed by atoms with Gasteiger partial charge in [0, 0.05) is 12.6 Å².